The fourth-order valence-electron chi connectivity index (χ4n) is 3.46. The van der Waals surface area contributed by atoms with Gasteiger partial charge in [-0.1, -0.05) is 31.2 Å². The van der Waals surface area contributed by atoms with Crippen LogP contribution in [0, 0.1) is 0 Å². The van der Waals surface area contributed by atoms with Gasteiger partial charge in [-0.2, -0.15) is 0 Å². The molecule has 2 aromatic rings. The molecule has 1 saturated heterocycles. The minimum atomic E-state index is -1.40. The first kappa shape index (κ1) is 17.8. The number of carbonyl (C=O) groups excluding carboxylic acids is 1. The molecular formula is C20H22O4S. The minimum Gasteiger partial charge on any atom is -0.497 e. The summed E-state index contributed by atoms with van der Waals surface area (Å²) < 4.78 is 10.7. The Morgan fingerprint density at radius 2 is 1.80 bits per heavy atom. The maximum absolute atomic E-state index is 12.6. The molecule has 0 spiro atoms. The average molecular weight is 358 g/mol. The van der Waals surface area contributed by atoms with E-state index in [2.05, 4.69) is 0 Å². The molecule has 1 N–H and O–H groups in total. The summed E-state index contributed by atoms with van der Waals surface area (Å²) in [6, 6.07) is 14.9. The van der Waals surface area contributed by atoms with Crippen LogP contribution in [0.3, 0.4) is 0 Å². The van der Waals surface area contributed by atoms with Crippen LogP contribution in [0.15, 0.2) is 53.4 Å². The van der Waals surface area contributed by atoms with Crippen LogP contribution in [0.5, 0.6) is 5.75 Å². The molecule has 0 amide bonds. The molecule has 0 aromatic heterocycles. The molecule has 1 aliphatic heterocycles. The van der Waals surface area contributed by atoms with E-state index >= 15 is 0 Å². The zero-order chi connectivity index (χ0) is 18.0. The smallest absolute Gasteiger partial charge is 0.317 e. The van der Waals surface area contributed by atoms with Crippen molar-refractivity contribution in [2.45, 2.75) is 35.9 Å². The Balaban J connectivity index is 2.07. The molecule has 25 heavy (non-hydrogen) atoms. The van der Waals surface area contributed by atoms with Crippen LogP contribution in [0.2, 0.25) is 0 Å². The van der Waals surface area contributed by atoms with Gasteiger partial charge in [0.15, 0.2) is 0 Å². The summed E-state index contributed by atoms with van der Waals surface area (Å²) in [6.07, 6.45) is 1.95. The van der Waals surface area contributed by atoms with E-state index in [1.807, 2.05) is 37.4 Å². The topological polar surface area (TPSA) is 55.8 Å². The highest BCUT2D eigenvalue weighted by atomic mass is 32.2. The summed E-state index contributed by atoms with van der Waals surface area (Å²) in [7, 11) is 1.59. The normalized spacial score (nSPS) is 25.7. The van der Waals surface area contributed by atoms with Crippen LogP contribution in [-0.4, -0.2) is 30.5 Å². The van der Waals surface area contributed by atoms with Crippen LogP contribution in [0.1, 0.15) is 30.4 Å². The molecule has 4 nitrogen and oxygen atoms in total. The van der Waals surface area contributed by atoms with Gasteiger partial charge in [-0.25, -0.2) is 0 Å². The third-order valence-corrected chi connectivity index (χ3v) is 5.54. The van der Waals surface area contributed by atoms with Crippen molar-refractivity contribution in [3.05, 3.63) is 59.7 Å². The van der Waals surface area contributed by atoms with E-state index in [0.29, 0.717) is 17.7 Å². The SMILES string of the molecule is CCC1OC(=O)C(c2ccc(SC)cc2)C1(O)c1ccc(OC)cc1. The molecule has 3 atom stereocenters. The fourth-order valence-corrected chi connectivity index (χ4v) is 3.86. The van der Waals surface area contributed by atoms with Crippen molar-refractivity contribution in [1.82, 2.24) is 0 Å². The van der Waals surface area contributed by atoms with Gasteiger partial charge < -0.3 is 14.6 Å². The molecule has 1 aliphatic rings. The second-order valence-electron chi connectivity index (χ2n) is 6.09. The Labute approximate surface area is 152 Å². The van der Waals surface area contributed by atoms with Gasteiger partial charge >= 0.3 is 5.97 Å². The van der Waals surface area contributed by atoms with E-state index in [1.54, 1.807) is 43.1 Å². The summed E-state index contributed by atoms with van der Waals surface area (Å²) in [5.41, 5.74) is 0.0147. The second kappa shape index (κ2) is 7.10. The first-order chi connectivity index (χ1) is 12.0. The monoisotopic (exact) mass is 358 g/mol. The minimum absolute atomic E-state index is 0.387. The second-order valence-corrected chi connectivity index (χ2v) is 6.97. The van der Waals surface area contributed by atoms with E-state index in [0.717, 1.165) is 10.5 Å². The molecule has 0 bridgehead atoms. The predicted molar refractivity (Wildman–Crippen MR) is 98.0 cm³/mol. The van der Waals surface area contributed by atoms with Crippen molar-refractivity contribution in [1.29, 1.82) is 0 Å². The quantitative estimate of drug-likeness (QED) is 0.652. The highest BCUT2D eigenvalue weighted by molar-refractivity contribution is 7.98. The third kappa shape index (κ3) is 3.02. The lowest BCUT2D eigenvalue weighted by Crippen LogP contribution is -2.39. The first-order valence-electron chi connectivity index (χ1n) is 8.26. The third-order valence-electron chi connectivity index (χ3n) is 4.80. The van der Waals surface area contributed by atoms with Crippen molar-refractivity contribution in [2.75, 3.05) is 13.4 Å². The number of thioether (sulfide) groups is 1. The lowest BCUT2D eigenvalue weighted by molar-refractivity contribution is -0.143. The summed E-state index contributed by atoms with van der Waals surface area (Å²) in [6.45, 7) is 1.91. The lowest BCUT2D eigenvalue weighted by Gasteiger charge is -2.32. The summed E-state index contributed by atoms with van der Waals surface area (Å²) in [5, 5.41) is 11.6. The van der Waals surface area contributed by atoms with E-state index < -0.39 is 17.6 Å². The van der Waals surface area contributed by atoms with Crippen LogP contribution < -0.4 is 4.74 Å². The molecule has 0 saturated carbocycles. The molecule has 3 unspecified atom stereocenters. The van der Waals surface area contributed by atoms with Gasteiger partial charge in [-0.15, -0.1) is 11.8 Å². The average Bonchev–Trinajstić information content (AvgIpc) is 2.93. The molecule has 3 rings (SSSR count). The lowest BCUT2D eigenvalue weighted by atomic mass is 9.75. The molecular weight excluding hydrogens is 336 g/mol. The van der Waals surface area contributed by atoms with Crippen molar-refractivity contribution in [2.24, 2.45) is 0 Å². The summed E-state index contributed by atoms with van der Waals surface area (Å²) >= 11 is 1.63. The molecule has 5 heteroatoms. The first-order valence-corrected chi connectivity index (χ1v) is 9.48. The Morgan fingerprint density at radius 1 is 1.16 bits per heavy atom. The summed E-state index contributed by atoms with van der Waals surface area (Å²) in [4.78, 5) is 13.7. The van der Waals surface area contributed by atoms with Gasteiger partial charge in [0.1, 0.15) is 23.4 Å². The largest absolute Gasteiger partial charge is 0.497 e. The van der Waals surface area contributed by atoms with E-state index in [1.165, 1.54) is 0 Å². The van der Waals surface area contributed by atoms with Gasteiger partial charge in [0.05, 0.1) is 7.11 Å². The Morgan fingerprint density at radius 3 is 2.32 bits per heavy atom. The zero-order valence-electron chi connectivity index (χ0n) is 14.6. The number of hydrogen-bond donors (Lipinski definition) is 1. The van der Waals surface area contributed by atoms with Crippen LogP contribution in [0.25, 0.3) is 0 Å². The number of carbonyl (C=O) groups is 1. The van der Waals surface area contributed by atoms with Crippen LogP contribution in [0.4, 0.5) is 0 Å². The van der Waals surface area contributed by atoms with Crippen LogP contribution in [-0.2, 0) is 15.1 Å². The Hall–Kier alpha value is -1.98. The molecule has 1 fully saturated rings. The number of hydrogen-bond acceptors (Lipinski definition) is 5. The van der Waals surface area contributed by atoms with Gasteiger partial charge in [0, 0.05) is 4.90 Å². The Kier molecular flexibility index (Phi) is 5.06. The number of benzene rings is 2. The van der Waals surface area contributed by atoms with Crippen molar-refractivity contribution >= 4 is 17.7 Å². The number of methoxy groups -OCH3 is 1. The van der Waals surface area contributed by atoms with Gasteiger partial charge in [-0.05, 0) is 48.1 Å². The van der Waals surface area contributed by atoms with Gasteiger partial charge in [0.2, 0.25) is 0 Å². The van der Waals surface area contributed by atoms with Crippen molar-refractivity contribution in [3.8, 4) is 5.75 Å². The standard InChI is InChI=1S/C20H22O4S/c1-4-17-20(22,14-7-9-15(23-2)10-8-14)18(19(21)24-17)13-5-11-16(25-3)12-6-13/h5-12,17-18,22H,4H2,1-3H3. The number of ether oxygens (including phenoxy) is 2. The number of esters is 1. The van der Waals surface area contributed by atoms with Gasteiger partial charge in [-0.3, -0.25) is 4.79 Å². The maximum atomic E-state index is 12.6. The molecule has 1 heterocycles. The van der Waals surface area contributed by atoms with E-state index in [9.17, 15) is 9.90 Å². The molecule has 2 aromatic carbocycles. The predicted octanol–water partition coefficient (Wildman–Crippen LogP) is 3.72. The van der Waals surface area contributed by atoms with Crippen molar-refractivity contribution < 1.29 is 19.4 Å². The number of rotatable bonds is 5. The van der Waals surface area contributed by atoms with E-state index in [4.69, 9.17) is 9.47 Å². The fraction of sp³-hybridized carbons (Fsp3) is 0.350. The summed E-state index contributed by atoms with van der Waals surface area (Å²) in [5.74, 6) is -0.435. The zero-order valence-corrected chi connectivity index (χ0v) is 15.4. The highest BCUT2D eigenvalue weighted by Crippen LogP contribution is 2.48. The highest BCUT2D eigenvalue weighted by Gasteiger charge is 2.57. The molecule has 132 valence electrons. The Bertz CT molecular complexity index is 741. The number of aliphatic hydroxyl groups is 1. The van der Waals surface area contributed by atoms with E-state index in [-0.39, 0.29) is 5.97 Å². The molecule has 0 aliphatic carbocycles. The maximum Gasteiger partial charge on any atom is 0.317 e. The number of cyclic esters (lactones) is 1. The van der Waals surface area contributed by atoms with Crippen LogP contribution >= 0.6 is 11.8 Å². The molecule has 0 radical (unpaired) electrons. The van der Waals surface area contributed by atoms with Gasteiger partial charge in [0.25, 0.3) is 0 Å². The van der Waals surface area contributed by atoms with Crippen molar-refractivity contribution in [3.63, 3.8) is 0 Å².